The fraction of sp³-hybridized carbons (Fsp3) is 0.350. The quantitative estimate of drug-likeness (QED) is 0.291. The molecule has 2 aromatic heterocycles. The fourth-order valence-corrected chi connectivity index (χ4v) is 3.11. The first-order chi connectivity index (χ1) is 13.7. The van der Waals surface area contributed by atoms with Crippen LogP contribution in [-0.4, -0.2) is 52.6 Å². The minimum absolute atomic E-state index is 0.140. The minimum Gasteiger partial charge on any atom is -0.402 e. The molecule has 1 aliphatic rings. The maximum absolute atomic E-state index is 14.7. The largest absolute Gasteiger partial charge is 0.402 e. The first kappa shape index (κ1) is 20.5. The van der Waals surface area contributed by atoms with Crippen LogP contribution in [-0.2, 0) is 0 Å². The third-order valence-corrected chi connectivity index (χ3v) is 5.05. The maximum atomic E-state index is 14.7. The first-order valence-corrected chi connectivity index (χ1v) is 9.34. The molecule has 1 fully saturated rings. The number of likely N-dealkylation sites (N-methyl/N-ethyl adjacent to an activating group) is 1. The molecule has 0 aliphatic carbocycles. The van der Waals surface area contributed by atoms with Gasteiger partial charge in [0.15, 0.2) is 5.84 Å². The summed E-state index contributed by atoms with van der Waals surface area (Å²) in [4.78, 5) is 9.67. The first-order valence-electron chi connectivity index (χ1n) is 9.34. The Labute approximate surface area is 169 Å². The van der Waals surface area contributed by atoms with E-state index < -0.39 is 0 Å². The number of halogens is 1. The van der Waals surface area contributed by atoms with Crippen LogP contribution in [0.3, 0.4) is 0 Å². The standard InChI is InChI=1S/C20H27FN8/c1-11(12(2)22)19(24)29(21)16-5-14-6-18(27-20(14)26-7-16)17(13(3)23)8-25-15-9-28(4)10-15/h5-8,15,23-25H,9-10,22H2,1-4H3,(H,26,27)/b12-11-,17-8+,23-13?,24-19?. The van der Waals surface area contributed by atoms with E-state index in [-0.39, 0.29) is 16.6 Å². The number of nitrogens with two attached hydrogens (primary N) is 1. The molecule has 0 radical (unpaired) electrons. The van der Waals surface area contributed by atoms with Crippen molar-refractivity contribution in [2.75, 3.05) is 25.3 Å². The molecule has 0 spiro atoms. The van der Waals surface area contributed by atoms with Gasteiger partial charge < -0.3 is 26.3 Å². The molecule has 9 heteroatoms. The fourth-order valence-electron chi connectivity index (χ4n) is 3.11. The Morgan fingerprint density at radius 3 is 2.62 bits per heavy atom. The van der Waals surface area contributed by atoms with Gasteiger partial charge in [-0.15, -0.1) is 0 Å². The number of allylic oxidation sites excluding steroid dienone is 2. The zero-order valence-corrected chi connectivity index (χ0v) is 17.1. The molecule has 0 bridgehead atoms. The Bertz CT molecular complexity index is 1010. The molecule has 0 aromatic carbocycles. The van der Waals surface area contributed by atoms with Gasteiger partial charge in [-0.05, 0) is 40.0 Å². The number of amidine groups is 1. The second kappa shape index (κ2) is 8.04. The Morgan fingerprint density at radius 2 is 2.03 bits per heavy atom. The topological polar surface area (TPSA) is 121 Å². The van der Waals surface area contributed by atoms with Crippen LogP contribution in [0.25, 0.3) is 16.6 Å². The van der Waals surface area contributed by atoms with E-state index in [0.29, 0.717) is 34.1 Å². The third kappa shape index (κ3) is 4.29. The normalized spacial score (nSPS) is 16.4. The number of hydrogen-bond acceptors (Lipinski definition) is 6. The van der Waals surface area contributed by atoms with E-state index in [1.807, 2.05) is 12.3 Å². The van der Waals surface area contributed by atoms with Gasteiger partial charge in [0.1, 0.15) is 5.65 Å². The molecule has 0 amide bonds. The molecule has 154 valence electrons. The summed E-state index contributed by atoms with van der Waals surface area (Å²) in [6, 6.07) is 3.82. The van der Waals surface area contributed by atoms with Crippen LogP contribution in [0.4, 0.5) is 10.2 Å². The number of fused-ring (bicyclic) bond motifs is 1. The van der Waals surface area contributed by atoms with Crippen molar-refractivity contribution in [3.63, 3.8) is 0 Å². The lowest BCUT2D eigenvalue weighted by molar-refractivity contribution is 0.174. The molecule has 0 unspecified atom stereocenters. The van der Waals surface area contributed by atoms with Gasteiger partial charge >= 0.3 is 0 Å². The second-order valence-corrected chi connectivity index (χ2v) is 7.52. The van der Waals surface area contributed by atoms with E-state index >= 15 is 0 Å². The van der Waals surface area contributed by atoms with Gasteiger partial charge in [-0.2, -0.15) is 5.12 Å². The number of nitrogens with zero attached hydrogens (tertiary/aromatic N) is 3. The van der Waals surface area contributed by atoms with Gasteiger partial charge in [-0.25, -0.2) is 4.98 Å². The highest BCUT2D eigenvalue weighted by Gasteiger charge is 2.22. The maximum Gasteiger partial charge on any atom is 0.160 e. The molecule has 3 heterocycles. The van der Waals surface area contributed by atoms with Gasteiger partial charge in [0.25, 0.3) is 0 Å². The number of nitrogens with one attached hydrogen (secondary N) is 4. The second-order valence-electron chi connectivity index (χ2n) is 7.52. The molecular formula is C20H27FN8. The average molecular weight is 398 g/mol. The smallest absolute Gasteiger partial charge is 0.160 e. The van der Waals surface area contributed by atoms with E-state index in [2.05, 4.69) is 27.2 Å². The van der Waals surface area contributed by atoms with Crippen molar-refractivity contribution >= 4 is 33.8 Å². The molecule has 1 saturated heterocycles. The van der Waals surface area contributed by atoms with Gasteiger partial charge in [0.2, 0.25) is 0 Å². The Morgan fingerprint density at radius 1 is 1.34 bits per heavy atom. The number of anilines is 1. The van der Waals surface area contributed by atoms with Crippen LogP contribution in [0.15, 0.2) is 35.8 Å². The predicted octanol–water partition coefficient (Wildman–Crippen LogP) is 2.77. The van der Waals surface area contributed by atoms with Gasteiger partial charge in [0, 0.05) is 47.2 Å². The molecule has 8 nitrogen and oxygen atoms in total. The molecule has 6 N–H and O–H groups in total. The van der Waals surface area contributed by atoms with Crippen molar-refractivity contribution in [1.82, 2.24) is 20.2 Å². The van der Waals surface area contributed by atoms with E-state index in [1.165, 1.54) is 6.20 Å². The van der Waals surface area contributed by atoms with Gasteiger partial charge in [0.05, 0.1) is 23.6 Å². The van der Waals surface area contributed by atoms with Crippen LogP contribution in [0, 0.1) is 10.8 Å². The van der Waals surface area contributed by atoms with E-state index in [1.54, 1.807) is 26.8 Å². The van der Waals surface area contributed by atoms with Crippen molar-refractivity contribution in [2.45, 2.75) is 26.8 Å². The number of likely N-dealkylation sites (tertiary alicyclic amines) is 1. The van der Waals surface area contributed by atoms with Crippen LogP contribution in [0.5, 0.6) is 0 Å². The zero-order valence-electron chi connectivity index (χ0n) is 17.1. The van der Waals surface area contributed by atoms with Crippen LogP contribution >= 0.6 is 0 Å². The van der Waals surface area contributed by atoms with Crippen LogP contribution in [0.1, 0.15) is 26.5 Å². The van der Waals surface area contributed by atoms with E-state index in [4.69, 9.17) is 16.6 Å². The number of rotatable bonds is 6. The van der Waals surface area contributed by atoms with Crippen LogP contribution < -0.4 is 16.2 Å². The van der Waals surface area contributed by atoms with Crippen molar-refractivity contribution < 1.29 is 4.48 Å². The van der Waals surface area contributed by atoms with E-state index in [9.17, 15) is 4.48 Å². The van der Waals surface area contributed by atoms with Crippen molar-refractivity contribution in [3.8, 4) is 0 Å². The number of pyridine rings is 1. The monoisotopic (exact) mass is 398 g/mol. The SMILES string of the molecule is CC(=N)/C(=C\NC1CN(C)C1)c1cc2cc(N(F)C(=N)/C(C)=C(/C)N)cnc2[nH]1. The molecule has 0 saturated carbocycles. The molecule has 0 atom stereocenters. The lowest BCUT2D eigenvalue weighted by atomic mass is 10.1. The number of aromatic amines is 1. The molecular weight excluding hydrogens is 371 g/mol. The Hall–Kier alpha value is -3.20. The Balaban J connectivity index is 1.87. The third-order valence-electron chi connectivity index (χ3n) is 5.05. The molecule has 3 rings (SSSR count). The number of hydrogen-bond donors (Lipinski definition) is 5. The van der Waals surface area contributed by atoms with Crippen molar-refractivity contribution in [2.24, 2.45) is 5.73 Å². The number of aromatic nitrogens is 2. The Kier molecular flexibility index (Phi) is 5.69. The van der Waals surface area contributed by atoms with Gasteiger partial charge in [-0.1, -0.05) is 4.48 Å². The molecule has 1 aliphatic heterocycles. The number of H-pyrrole nitrogens is 1. The van der Waals surface area contributed by atoms with Crippen molar-refractivity contribution in [1.29, 1.82) is 10.8 Å². The summed E-state index contributed by atoms with van der Waals surface area (Å²) >= 11 is 0. The van der Waals surface area contributed by atoms with E-state index in [0.717, 1.165) is 24.4 Å². The highest BCUT2D eigenvalue weighted by molar-refractivity contribution is 6.21. The summed E-state index contributed by atoms with van der Waals surface area (Å²) in [7, 11) is 2.06. The average Bonchev–Trinajstić information content (AvgIpc) is 3.07. The summed E-state index contributed by atoms with van der Waals surface area (Å²) in [5.74, 6) is -0.326. The van der Waals surface area contributed by atoms with Gasteiger partial charge in [-0.3, -0.25) is 5.41 Å². The molecule has 29 heavy (non-hydrogen) atoms. The summed E-state index contributed by atoms with van der Waals surface area (Å²) < 4.78 is 14.7. The summed E-state index contributed by atoms with van der Waals surface area (Å²) in [5.41, 5.74) is 9.00. The predicted molar refractivity (Wildman–Crippen MR) is 116 cm³/mol. The zero-order chi connectivity index (χ0) is 21.3. The minimum atomic E-state index is -0.326. The lowest BCUT2D eigenvalue weighted by Gasteiger charge is -2.36. The van der Waals surface area contributed by atoms with Crippen LogP contribution in [0.2, 0.25) is 0 Å². The summed E-state index contributed by atoms with van der Waals surface area (Å²) in [6.07, 6.45) is 3.21. The summed E-state index contributed by atoms with van der Waals surface area (Å²) in [6.45, 7) is 6.88. The van der Waals surface area contributed by atoms with Crippen molar-refractivity contribution in [3.05, 3.63) is 41.5 Å². The highest BCUT2D eigenvalue weighted by atomic mass is 19.2. The summed E-state index contributed by atoms with van der Waals surface area (Å²) in [5, 5.41) is 20.4. The lowest BCUT2D eigenvalue weighted by Crippen LogP contribution is -2.54. The highest BCUT2D eigenvalue weighted by Crippen LogP contribution is 2.25. The molecule has 2 aromatic rings.